The summed E-state index contributed by atoms with van der Waals surface area (Å²) in [5, 5.41) is 2.77. The topological polar surface area (TPSA) is 58.6 Å². The molecule has 3 rings (SSSR count). The molecule has 1 heterocycles. The number of amides is 2. The quantitative estimate of drug-likeness (QED) is 0.685. The number of carbonyl (C=O) groups excluding carboxylic acids is 2. The monoisotopic (exact) mass is 480 g/mol. The molecule has 0 aliphatic carbocycles. The highest BCUT2D eigenvalue weighted by Crippen LogP contribution is 2.28. The number of halogens is 2. The molecule has 2 aromatic carbocycles. The van der Waals surface area contributed by atoms with Gasteiger partial charge in [0.25, 0.3) is 11.8 Å². The number of hydrogen-bond donors (Lipinski definition) is 1. The highest BCUT2D eigenvalue weighted by Gasteiger charge is 2.19. The Labute approximate surface area is 169 Å². The fourth-order valence-electron chi connectivity index (χ4n) is 2.77. The summed E-state index contributed by atoms with van der Waals surface area (Å²) in [6.45, 7) is 1.47. The average molecular weight is 482 g/mol. The fourth-order valence-corrected chi connectivity index (χ4v) is 3.93. The second kappa shape index (κ2) is 8.68. The second-order valence-corrected chi connectivity index (χ2v) is 7.76. The number of carbonyl (C=O) groups is 2. The Balaban J connectivity index is 1.58. The van der Waals surface area contributed by atoms with E-state index in [1.165, 1.54) is 0 Å². The van der Waals surface area contributed by atoms with Gasteiger partial charge in [0.1, 0.15) is 5.75 Å². The van der Waals surface area contributed by atoms with Crippen LogP contribution >= 0.6 is 31.9 Å². The maximum absolute atomic E-state index is 12.4. The van der Waals surface area contributed by atoms with Crippen molar-refractivity contribution in [3.8, 4) is 5.75 Å². The SMILES string of the molecule is O=C(COc1ccc(Br)cc1Br)Nc1cccc(C(=O)N2CCCC2)c1. The van der Waals surface area contributed by atoms with Crippen LogP contribution in [0.2, 0.25) is 0 Å². The van der Waals surface area contributed by atoms with Crippen LogP contribution < -0.4 is 10.1 Å². The minimum absolute atomic E-state index is 0.00800. The number of benzene rings is 2. The van der Waals surface area contributed by atoms with Gasteiger partial charge in [0.2, 0.25) is 0 Å². The Morgan fingerprint density at radius 2 is 1.85 bits per heavy atom. The number of rotatable bonds is 5. The predicted octanol–water partition coefficient (Wildman–Crippen LogP) is 4.47. The van der Waals surface area contributed by atoms with Crippen LogP contribution in [0, 0.1) is 0 Å². The van der Waals surface area contributed by atoms with Gasteiger partial charge in [-0.3, -0.25) is 9.59 Å². The summed E-state index contributed by atoms with van der Waals surface area (Å²) in [6.07, 6.45) is 2.09. The van der Waals surface area contributed by atoms with Gasteiger partial charge >= 0.3 is 0 Å². The van der Waals surface area contributed by atoms with Gasteiger partial charge < -0.3 is 15.0 Å². The van der Waals surface area contributed by atoms with Gasteiger partial charge in [0.05, 0.1) is 4.47 Å². The van der Waals surface area contributed by atoms with Crippen LogP contribution in [0.3, 0.4) is 0 Å². The van der Waals surface area contributed by atoms with Crippen LogP contribution in [-0.4, -0.2) is 36.4 Å². The van der Waals surface area contributed by atoms with Crippen LogP contribution in [0.25, 0.3) is 0 Å². The molecular weight excluding hydrogens is 464 g/mol. The lowest BCUT2D eigenvalue weighted by molar-refractivity contribution is -0.118. The zero-order valence-corrected chi connectivity index (χ0v) is 17.2. The molecule has 2 amide bonds. The van der Waals surface area contributed by atoms with E-state index in [2.05, 4.69) is 37.2 Å². The van der Waals surface area contributed by atoms with Gasteiger partial charge in [-0.15, -0.1) is 0 Å². The minimum Gasteiger partial charge on any atom is -0.483 e. The average Bonchev–Trinajstić information content (AvgIpc) is 3.15. The third-order valence-electron chi connectivity index (χ3n) is 4.04. The summed E-state index contributed by atoms with van der Waals surface area (Å²) in [7, 11) is 0. The van der Waals surface area contributed by atoms with Crippen molar-refractivity contribution >= 4 is 49.4 Å². The molecule has 0 bridgehead atoms. The van der Waals surface area contributed by atoms with Gasteiger partial charge in [-0.05, 0) is 65.2 Å². The Hall–Kier alpha value is -1.86. The fraction of sp³-hybridized carbons (Fsp3) is 0.263. The first-order valence-electron chi connectivity index (χ1n) is 8.30. The third kappa shape index (κ3) is 4.86. The number of hydrogen-bond acceptors (Lipinski definition) is 3. The highest BCUT2D eigenvalue weighted by molar-refractivity contribution is 9.11. The lowest BCUT2D eigenvalue weighted by Gasteiger charge is -2.16. The second-order valence-electron chi connectivity index (χ2n) is 5.99. The van der Waals surface area contributed by atoms with Gasteiger partial charge in [-0.1, -0.05) is 22.0 Å². The van der Waals surface area contributed by atoms with Crippen LogP contribution in [-0.2, 0) is 4.79 Å². The zero-order chi connectivity index (χ0) is 18.5. The number of likely N-dealkylation sites (tertiary alicyclic amines) is 1. The first kappa shape index (κ1) is 18.9. The molecule has 26 heavy (non-hydrogen) atoms. The maximum atomic E-state index is 12.4. The molecule has 0 radical (unpaired) electrons. The number of nitrogens with one attached hydrogen (secondary N) is 1. The summed E-state index contributed by atoms with van der Waals surface area (Å²) >= 11 is 6.76. The Bertz CT molecular complexity index is 820. The van der Waals surface area contributed by atoms with Crippen molar-refractivity contribution in [3.05, 3.63) is 57.0 Å². The molecule has 1 saturated heterocycles. The molecule has 136 valence electrons. The van der Waals surface area contributed by atoms with E-state index in [-0.39, 0.29) is 18.4 Å². The summed E-state index contributed by atoms with van der Waals surface area (Å²) in [5.74, 6) is 0.306. The molecule has 2 aromatic rings. The number of anilines is 1. The molecule has 0 saturated carbocycles. The highest BCUT2D eigenvalue weighted by atomic mass is 79.9. The smallest absolute Gasteiger partial charge is 0.262 e. The van der Waals surface area contributed by atoms with E-state index in [9.17, 15) is 9.59 Å². The molecule has 1 N–H and O–H groups in total. The van der Waals surface area contributed by atoms with Crippen LogP contribution in [0.4, 0.5) is 5.69 Å². The normalized spacial score (nSPS) is 13.5. The summed E-state index contributed by atoms with van der Waals surface area (Å²) in [4.78, 5) is 26.4. The molecule has 0 atom stereocenters. The van der Waals surface area contributed by atoms with Crippen LogP contribution in [0.1, 0.15) is 23.2 Å². The van der Waals surface area contributed by atoms with Crippen molar-refractivity contribution in [2.24, 2.45) is 0 Å². The van der Waals surface area contributed by atoms with E-state index in [1.807, 2.05) is 17.0 Å². The standard InChI is InChI=1S/C19H18Br2N2O3/c20-14-6-7-17(16(21)11-14)26-12-18(24)22-15-5-3-4-13(10-15)19(25)23-8-1-2-9-23/h3-7,10-11H,1-2,8-9,12H2,(H,22,24). The third-order valence-corrected chi connectivity index (χ3v) is 5.15. The van der Waals surface area contributed by atoms with Crippen molar-refractivity contribution in [2.45, 2.75) is 12.8 Å². The summed E-state index contributed by atoms with van der Waals surface area (Å²) in [6, 6.07) is 12.5. The van der Waals surface area contributed by atoms with E-state index < -0.39 is 0 Å². The molecule has 7 heteroatoms. The van der Waals surface area contributed by atoms with Crippen molar-refractivity contribution in [1.82, 2.24) is 4.90 Å². The van der Waals surface area contributed by atoms with Gasteiger partial charge in [0.15, 0.2) is 6.61 Å². The zero-order valence-electron chi connectivity index (χ0n) is 14.0. The van der Waals surface area contributed by atoms with Crippen LogP contribution in [0.5, 0.6) is 5.75 Å². The number of nitrogens with zero attached hydrogens (tertiary/aromatic N) is 1. The van der Waals surface area contributed by atoms with Crippen molar-refractivity contribution in [2.75, 3.05) is 25.0 Å². The van der Waals surface area contributed by atoms with E-state index in [4.69, 9.17) is 4.74 Å². The largest absolute Gasteiger partial charge is 0.483 e. The summed E-state index contributed by atoms with van der Waals surface area (Å²) < 4.78 is 7.21. The molecule has 1 aliphatic heterocycles. The van der Waals surface area contributed by atoms with Crippen LogP contribution in [0.15, 0.2) is 51.4 Å². The molecule has 0 unspecified atom stereocenters. The first-order chi connectivity index (χ1) is 12.5. The van der Waals surface area contributed by atoms with E-state index in [0.29, 0.717) is 17.0 Å². The predicted molar refractivity (Wildman–Crippen MR) is 108 cm³/mol. The lowest BCUT2D eigenvalue weighted by atomic mass is 10.1. The summed E-state index contributed by atoms with van der Waals surface area (Å²) in [5.41, 5.74) is 1.17. The molecule has 0 spiro atoms. The van der Waals surface area contributed by atoms with Gasteiger partial charge in [-0.25, -0.2) is 0 Å². The Kier molecular flexibility index (Phi) is 6.32. The van der Waals surface area contributed by atoms with Gasteiger partial charge in [-0.2, -0.15) is 0 Å². The van der Waals surface area contributed by atoms with E-state index in [0.717, 1.165) is 34.9 Å². The Morgan fingerprint density at radius 3 is 2.58 bits per heavy atom. The van der Waals surface area contributed by atoms with E-state index in [1.54, 1.807) is 30.3 Å². The molecule has 5 nitrogen and oxygen atoms in total. The van der Waals surface area contributed by atoms with E-state index >= 15 is 0 Å². The Morgan fingerprint density at radius 1 is 1.08 bits per heavy atom. The minimum atomic E-state index is -0.286. The van der Waals surface area contributed by atoms with Crippen molar-refractivity contribution in [1.29, 1.82) is 0 Å². The van der Waals surface area contributed by atoms with Gasteiger partial charge in [0, 0.05) is 28.8 Å². The molecule has 0 aromatic heterocycles. The van der Waals surface area contributed by atoms with Crippen molar-refractivity contribution in [3.63, 3.8) is 0 Å². The number of ether oxygens (including phenoxy) is 1. The first-order valence-corrected chi connectivity index (χ1v) is 9.88. The molecular formula is C19H18Br2N2O3. The molecule has 1 fully saturated rings. The molecule has 1 aliphatic rings. The van der Waals surface area contributed by atoms with Crippen molar-refractivity contribution < 1.29 is 14.3 Å². The maximum Gasteiger partial charge on any atom is 0.262 e. The lowest BCUT2D eigenvalue weighted by Crippen LogP contribution is -2.27.